The Kier molecular flexibility index (Phi) is 5.83. The maximum absolute atomic E-state index is 13.8. The molecule has 0 radical (unpaired) electrons. The molecule has 2 N–H and O–H groups in total. The lowest BCUT2D eigenvalue weighted by Gasteiger charge is -2.16. The van der Waals surface area contributed by atoms with Crippen LogP contribution in [0.15, 0.2) is 66.7 Å². The third-order valence-corrected chi connectivity index (χ3v) is 4.79. The molecule has 0 bridgehead atoms. The van der Waals surface area contributed by atoms with E-state index in [-0.39, 0.29) is 24.3 Å². The van der Waals surface area contributed by atoms with Crippen LogP contribution >= 0.6 is 11.3 Å². The van der Waals surface area contributed by atoms with Crippen molar-refractivity contribution >= 4 is 34.0 Å². The zero-order chi connectivity index (χ0) is 19.2. The van der Waals surface area contributed by atoms with Gasteiger partial charge in [-0.1, -0.05) is 36.4 Å². The van der Waals surface area contributed by atoms with E-state index < -0.39 is 0 Å². The summed E-state index contributed by atoms with van der Waals surface area (Å²) in [6.45, 7) is 0.167. The first-order valence-electron chi connectivity index (χ1n) is 8.24. The second-order valence-electron chi connectivity index (χ2n) is 5.86. The summed E-state index contributed by atoms with van der Waals surface area (Å²) in [4.78, 5) is 26.5. The van der Waals surface area contributed by atoms with Gasteiger partial charge in [0.2, 0.25) is 0 Å². The first kappa shape index (κ1) is 18.6. The number of carbonyl (C=O) groups is 2. The van der Waals surface area contributed by atoms with E-state index in [0.29, 0.717) is 21.1 Å². The smallest absolute Gasteiger partial charge is 0.324 e. The zero-order valence-corrected chi connectivity index (χ0v) is 15.4. The van der Waals surface area contributed by atoms with Gasteiger partial charge in [-0.2, -0.15) is 0 Å². The number of anilines is 2. The lowest BCUT2D eigenvalue weighted by molar-refractivity contribution is 0.0788. The molecule has 1 aromatic heterocycles. The van der Waals surface area contributed by atoms with E-state index in [4.69, 9.17) is 0 Å². The summed E-state index contributed by atoms with van der Waals surface area (Å²) in [5, 5.41) is 5.96. The highest BCUT2D eigenvalue weighted by Gasteiger charge is 2.16. The van der Waals surface area contributed by atoms with Crippen molar-refractivity contribution < 1.29 is 14.0 Å². The third kappa shape index (κ3) is 4.92. The molecule has 0 spiro atoms. The van der Waals surface area contributed by atoms with E-state index >= 15 is 0 Å². The number of nitrogens with zero attached hydrogens (tertiary/aromatic N) is 1. The van der Waals surface area contributed by atoms with Gasteiger partial charge in [-0.15, -0.1) is 11.3 Å². The largest absolute Gasteiger partial charge is 0.337 e. The number of thiophene rings is 1. The molecule has 138 valence electrons. The maximum atomic E-state index is 13.8. The van der Waals surface area contributed by atoms with Gasteiger partial charge in [-0.05, 0) is 30.3 Å². The monoisotopic (exact) mass is 383 g/mol. The first-order chi connectivity index (χ1) is 13.0. The fourth-order valence-electron chi connectivity index (χ4n) is 2.46. The Morgan fingerprint density at radius 2 is 1.67 bits per heavy atom. The molecule has 0 atom stereocenters. The van der Waals surface area contributed by atoms with E-state index in [1.807, 2.05) is 18.2 Å². The van der Waals surface area contributed by atoms with E-state index in [0.717, 1.165) is 0 Å². The Morgan fingerprint density at radius 3 is 2.41 bits per heavy atom. The second-order valence-corrected chi connectivity index (χ2v) is 6.95. The molecule has 3 amide bonds. The van der Waals surface area contributed by atoms with Crippen LogP contribution in [0.2, 0.25) is 0 Å². The lowest BCUT2D eigenvalue weighted by atomic mass is 10.2. The number of amides is 3. The molecule has 1 heterocycles. The van der Waals surface area contributed by atoms with Gasteiger partial charge in [-0.25, -0.2) is 9.18 Å². The average molecular weight is 383 g/mol. The Balaban J connectivity index is 1.60. The van der Waals surface area contributed by atoms with Gasteiger partial charge in [0.15, 0.2) is 0 Å². The fraction of sp³-hybridized carbons (Fsp3) is 0.100. The van der Waals surface area contributed by atoms with Crippen LogP contribution in [0.1, 0.15) is 15.2 Å². The summed E-state index contributed by atoms with van der Waals surface area (Å²) in [6.07, 6.45) is 0. The second kappa shape index (κ2) is 8.46. The van der Waals surface area contributed by atoms with Crippen LogP contribution in [-0.4, -0.2) is 23.9 Å². The topological polar surface area (TPSA) is 61.4 Å². The van der Waals surface area contributed by atoms with Crippen LogP contribution in [-0.2, 0) is 6.54 Å². The van der Waals surface area contributed by atoms with Crippen molar-refractivity contribution in [2.24, 2.45) is 0 Å². The van der Waals surface area contributed by atoms with Gasteiger partial charge in [0.25, 0.3) is 5.91 Å². The van der Waals surface area contributed by atoms with Crippen LogP contribution in [0.3, 0.4) is 0 Å². The Labute approximate surface area is 160 Å². The molecular formula is C20H18FN3O2S. The highest BCUT2D eigenvalue weighted by atomic mass is 32.1. The van der Waals surface area contributed by atoms with Gasteiger partial charge in [-0.3, -0.25) is 10.1 Å². The van der Waals surface area contributed by atoms with E-state index in [9.17, 15) is 14.0 Å². The average Bonchev–Trinajstić information content (AvgIpc) is 3.12. The van der Waals surface area contributed by atoms with Crippen molar-refractivity contribution in [1.82, 2.24) is 4.90 Å². The summed E-state index contributed by atoms with van der Waals surface area (Å²) in [5.74, 6) is -0.581. The van der Waals surface area contributed by atoms with Gasteiger partial charge in [0.05, 0.1) is 9.88 Å². The number of rotatable bonds is 5. The number of urea groups is 1. The Bertz CT molecular complexity index is 943. The molecule has 27 heavy (non-hydrogen) atoms. The van der Waals surface area contributed by atoms with Crippen molar-refractivity contribution in [2.75, 3.05) is 17.7 Å². The highest BCUT2D eigenvalue weighted by molar-refractivity contribution is 7.18. The summed E-state index contributed by atoms with van der Waals surface area (Å²) in [5.41, 5.74) is 1.12. The molecule has 0 aliphatic rings. The third-order valence-electron chi connectivity index (χ3n) is 3.80. The molecule has 0 saturated carbocycles. The Morgan fingerprint density at radius 1 is 0.963 bits per heavy atom. The number of para-hydroxylation sites is 1. The molecule has 3 aromatic rings. The number of carbonyl (C=O) groups excluding carboxylic acids is 2. The van der Waals surface area contributed by atoms with Crippen LogP contribution in [0.25, 0.3) is 0 Å². The van der Waals surface area contributed by atoms with Gasteiger partial charge < -0.3 is 10.2 Å². The minimum Gasteiger partial charge on any atom is -0.337 e. The summed E-state index contributed by atoms with van der Waals surface area (Å²) in [7, 11) is 1.61. The normalized spacial score (nSPS) is 10.3. The number of halogens is 1. The van der Waals surface area contributed by atoms with Gasteiger partial charge in [0, 0.05) is 24.8 Å². The molecule has 2 aromatic carbocycles. The maximum Gasteiger partial charge on any atom is 0.324 e. The van der Waals surface area contributed by atoms with Crippen molar-refractivity contribution in [3.05, 3.63) is 83.0 Å². The van der Waals surface area contributed by atoms with Crippen molar-refractivity contribution in [3.63, 3.8) is 0 Å². The zero-order valence-electron chi connectivity index (χ0n) is 14.6. The molecule has 0 aliphatic heterocycles. The lowest BCUT2D eigenvalue weighted by Crippen LogP contribution is -2.25. The predicted octanol–water partition coefficient (Wildman–Crippen LogP) is 4.80. The highest BCUT2D eigenvalue weighted by Crippen LogP contribution is 2.24. The minimum absolute atomic E-state index is 0.167. The molecule has 0 unspecified atom stereocenters. The molecule has 0 fully saturated rings. The van der Waals surface area contributed by atoms with E-state index in [1.54, 1.807) is 49.5 Å². The van der Waals surface area contributed by atoms with Gasteiger partial charge in [0.1, 0.15) is 5.82 Å². The first-order valence-corrected chi connectivity index (χ1v) is 9.06. The minimum atomic E-state index is -0.387. The quantitative estimate of drug-likeness (QED) is 0.665. The van der Waals surface area contributed by atoms with E-state index in [1.165, 1.54) is 22.3 Å². The van der Waals surface area contributed by atoms with Gasteiger partial charge >= 0.3 is 6.03 Å². The number of benzene rings is 2. The molecule has 7 heteroatoms. The predicted molar refractivity (Wildman–Crippen MR) is 106 cm³/mol. The summed E-state index contributed by atoms with van der Waals surface area (Å²) < 4.78 is 13.8. The summed E-state index contributed by atoms with van der Waals surface area (Å²) in [6, 6.07) is 18.3. The number of hydrogen-bond donors (Lipinski definition) is 2. The molecule has 3 rings (SSSR count). The number of nitrogens with one attached hydrogen (secondary N) is 2. The van der Waals surface area contributed by atoms with Crippen LogP contribution in [0, 0.1) is 5.82 Å². The van der Waals surface area contributed by atoms with Crippen molar-refractivity contribution in [1.29, 1.82) is 0 Å². The Hall–Kier alpha value is -3.19. The standard InChI is InChI=1S/C20H18FN3O2S/c1-24(13-14-7-5-6-10-16(14)21)19(25)17-11-12-18(27-17)23-20(26)22-15-8-3-2-4-9-15/h2-12H,13H2,1H3,(H2,22,23,26). The van der Waals surface area contributed by atoms with Crippen molar-refractivity contribution in [2.45, 2.75) is 6.54 Å². The van der Waals surface area contributed by atoms with Crippen LogP contribution < -0.4 is 10.6 Å². The number of hydrogen-bond acceptors (Lipinski definition) is 3. The molecule has 5 nitrogen and oxygen atoms in total. The molecular weight excluding hydrogens is 365 g/mol. The molecule has 0 aliphatic carbocycles. The fourth-order valence-corrected chi connectivity index (χ4v) is 3.35. The van der Waals surface area contributed by atoms with Crippen LogP contribution in [0.4, 0.5) is 19.9 Å². The van der Waals surface area contributed by atoms with Crippen molar-refractivity contribution in [3.8, 4) is 0 Å². The molecule has 0 saturated heterocycles. The van der Waals surface area contributed by atoms with E-state index in [2.05, 4.69) is 10.6 Å². The SMILES string of the molecule is CN(Cc1ccccc1F)C(=O)c1ccc(NC(=O)Nc2ccccc2)s1. The summed E-state index contributed by atoms with van der Waals surface area (Å²) >= 11 is 1.17. The van der Waals surface area contributed by atoms with Crippen LogP contribution in [0.5, 0.6) is 0 Å².